The number of nitrogens with one attached hydrogen (secondary N) is 1. The van der Waals surface area contributed by atoms with Gasteiger partial charge in [0.2, 0.25) is 0 Å². The van der Waals surface area contributed by atoms with Gasteiger partial charge < -0.3 is 0 Å². The SMILES string of the molecule is C/C(=N\NC(=O)c1snnc1C)c1ccc(Cl)cc1. The summed E-state index contributed by atoms with van der Waals surface area (Å²) >= 11 is 6.85. The van der Waals surface area contributed by atoms with Gasteiger partial charge in [-0.05, 0) is 43.1 Å². The third-order valence-corrected chi connectivity index (χ3v) is 3.52. The number of aromatic nitrogens is 2. The molecule has 1 N–H and O–H groups in total. The van der Waals surface area contributed by atoms with E-state index in [9.17, 15) is 4.79 Å². The number of hydrogen-bond donors (Lipinski definition) is 1. The number of halogens is 1. The summed E-state index contributed by atoms with van der Waals surface area (Å²) < 4.78 is 3.71. The molecule has 7 heteroatoms. The second-order valence-electron chi connectivity index (χ2n) is 3.83. The van der Waals surface area contributed by atoms with E-state index in [1.807, 2.05) is 12.1 Å². The van der Waals surface area contributed by atoms with Gasteiger partial charge in [0.05, 0.1) is 11.4 Å². The van der Waals surface area contributed by atoms with Crippen LogP contribution in [0.2, 0.25) is 5.02 Å². The van der Waals surface area contributed by atoms with Crippen LogP contribution in [0.1, 0.15) is 27.9 Å². The Morgan fingerprint density at radius 2 is 2.05 bits per heavy atom. The molecule has 19 heavy (non-hydrogen) atoms. The van der Waals surface area contributed by atoms with Crippen LogP contribution in [0.4, 0.5) is 0 Å². The van der Waals surface area contributed by atoms with Gasteiger partial charge in [-0.1, -0.05) is 28.2 Å². The van der Waals surface area contributed by atoms with E-state index in [1.54, 1.807) is 26.0 Å². The quantitative estimate of drug-likeness (QED) is 0.699. The fourth-order valence-electron chi connectivity index (χ4n) is 1.38. The smallest absolute Gasteiger partial charge is 0.266 e. The average molecular weight is 295 g/mol. The number of carbonyl (C=O) groups is 1. The highest BCUT2D eigenvalue weighted by atomic mass is 35.5. The van der Waals surface area contributed by atoms with Crippen LogP contribution in [-0.4, -0.2) is 21.2 Å². The topological polar surface area (TPSA) is 67.2 Å². The van der Waals surface area contributed by atoms with E-state index in [0.29, 0.717) is 21.3 Å². The van der Waals surface area contributed by atoms with Crippen LogP contribution in [0, 0.1) is 6.92 Å². The second kappa shape index (κ2) is 5.90. The highest BCUT2D eigenvalue weighted by molar-refractivity contribution is 7.07. The standard InChI is InChI=1S/C12H11ClN4OS/c1-7(9-3-5-10(13)6-4-9)14-16-12(18)11-8(2)15-17-19-11/h3-6H,1-2H3,(H,16,18)/b14-7+. The molecule has 5 nitrogen and oxygen atoms in total. The maximum Gasteiger partial charge on any atom is 0.285 e. The first-order valence-corrected chi connectivity index (χ1v) is 6.62. The minimum atomic E-state index is -0.305. The number of benzene rings is 1. The number of carbonyl (C=O) groups excluding carboxylic acids is 1. The lowest BCUT2D eigenvalue weighted by atomic mass is 10.1. The molecule has 0 aliphatic heterocycles. The Hall–Kier alpha value is -1.79. The van der Waals surface area contributed by atoms with Crippen molar-refractivity contribution in [2.45, 2.75) is 13.8 Å². The Morgan fingerprint density at radius 3 is 2.63 bits per heavy atom. The van der Waals surface area contributed by atoms with Gasteiger partial charge in [0.1, 0.15) is 4.88 Å². The average Bonchev–Trinajstić information content (AvgIpc) is 2.83. The molecule has 0 unspecified atom stereocenters. The maximum atomic E-state index is 11.8. The van der Waals surface area contributed by atoms with Gasteiger partial charge in [0.15, 0.2) is 0 Å². The normalized spacial score (nSPS) is 11.4. The molecule has 0 atom stereocenters. The summed E-state index contributed by atoms with van der Waals surface area (Å²) in [6.07, 6.45) is 0. The predicted molar refractivity (Wildman–Crippen MR) is 75.8 cm³/mol. The van der Waals surface area contributed by atoms with Crippen molar-refractivity contribution in [3.05, 3.63) is 45.4 Å². The van der Waals surface area contributed by atoms with Crippen LogP contribution in [0.3, 0.4) is 0 Å². The molecule has 0 spiro atoms. The first-order valence-electron chi connectivity index (χ1n) is 5.47. The molecule has 98 valence electrons. The van der Waals surface area contributed by atoms with Crippen molar-refractivity contribution in [1.82, 2.24) is 15.0 Å². The maximum absolute atomic E-state index is 11.8. The fourth-order valence-corrected chi connectivity index (χ4v) is 2.05. The molecular formula is C12H11ClN4OS. The molecule has 0 fully saturated rings. The zero-order valence-electron chi connectivity index (χ0n) is 10.3. The van der Waals surface area contributed by atoms with Gasteiger partial charge in [-0.2, -0.15) is 5.10 Å². The molecule has 0 aliphatic carbocycles. The van der Waals surface area contributed by atoms with Crippen molar-refractivity contribution in [3.8, 4) is 0 Å². The van der Waals surface area contributed by atoms with Crippen LogP contribution in [0.25, 0.3) is 0 Å². The predicted octanol–water partition coefficient (Wildman–Crippen LogP) is 2.65. The fraction of sp³-hybridized carbons (Fsp3) is 0.167. The highest BCUT2D eigenvalue weighted by Crippen LogP contribution is 2.11. The Balaban J connectivity index is 2.08. The lowest BCUT2D eigenvalue weighted by molar-refractivity contribution is 0.0958. The monoisotopic (exact) mass is 294 g/mol. The summed E-state index contributed by atoms with van der Waals surface area (Å²) in [5.41, 5.74) is 4.67. The van der Waals surface area contributed by atoms with Gasteiger partial charge in [-0.25, -0.2) is 5.43 Å². The summed E-state index contributed by atoms with van der Waals surface area (Å²) in [6.45, 7) is 3.54. The molecule has 0 saturated heterocycles. The minimum Gasteiger partial charge on any atom is -0.266 e. The van der Waals surface area contributed by atoms with E-state index in [0.717, 1.165) is 17.1 Å². The number of nitrogens with zero attached hydrogens (tertiary/aromatic N) is 3. The van der Waals surface area contributed by atoms with Crippen molar-refractivity contribution >= 4 is 34.8 Å². The van der Waals surface area contributed by atoms with Crippen molar-refractivity contribution < 1.29 is 4.79 Å². The Kier molecular flexibility index (Phi) is 4.24. The number of rotatable bonds is 3. The largest absolute Gasteiger partial charge is 0.285 e. The summed E-state index contributed by atoms with van der Waals surface area (Å²) in [4.78, 5) is 12.3. The summed E-state index contributed by atoms with van der Waals surface area (Å²) in [6, 6.07) is 7.23. The molecule has 2 rings (SSSR count). The number of hydrogen-bond acceptors (Lipinski definition) is 5. The number of amides is 1. The van der Waals surface area contributed by atoms with Crippen LogP contribution < -0.4 is 5.43 Å². The van der Waals surface area contributed by atoms with Crippen LogP contribution >= 0.6 is 23.1 Å². The minimum absolute atomic E-state index is 0.305. The van der Waals surface area contributed by atoms with E-state index in [4.69, 9.17) is 11.6 Å². The number of hydrazone groups is 1. The van der Waals surface area contributed by atoms with Gasteiger partial charge in [0, 0.05) is 5.02 Å². The molecule has 1 amide bonds. The molecule has 0 radical (unpaired) electrons. The van der Waals surface area contributed by atoms with E-state index < -0.39 is 0 Å². The molecule has 0 bridgehead atoms. The Morgan fingerprint density at radius 1 is 1.37 bits per heavy atom. The summed E-state index contributed by atoms with van der Waals surface area (Å²) in [5.74, 6) is -0.305. The molecule has 1 aromatic carbocycles. The molecule has 2 aromatic rings. The van der Waals surface area contributed by atoms with Crippen LogP contribution in [-0.2, 0) is 0 Å². The Labute approximate surface area is 119 Å². The van der Waals surface area contributed by atoms with Crippen molar-refractivity contribution in [3.63, 3.8) is 0 Å². The van der Waals surface area contributed by atoms with E-state index in [2.05, 4.69) is 20.1 Å². The highest BCUT2D eigenvalue weighted by Gasteiger charge is 2.12. The second-order valence-corrected chi connectivity index (χ2v) is 5.02. The van der Waals surface area contributed by atoms with Gasteiger partial charge >= 0.3 is 0 Å². The zero-order valence-corrected chi connectivity index (χ0v) is 11.9. The molecule has 1 aromatic heterocycles. The molecule has 1 heterocycles. The first kappa shape index (κ1) is 13.6. The van der Waals surface area contributed by atoms with E-state index in [1.165, 1.54) is 0 Å². The third-order valence-electron chi connectivity index (χ3n) is 2.44. The number of aryl methyl sites for hydroxylation is 1. The third kappa shape index (κ3) is 3.36. The van der Waals surface area contributed by atoms with E-state index >= 15 is 0 Å². The van der Waals surface area contributed by atoms with E-state index in [-0.39, 0.29) is 5.91 Å². The molecule has 0 aliphatic rings. The lowest BCUT2D eigenvalue weighted by Gasteiger charge is -2.02. The summed E-state index contributed by atoms with van der Waals surface area (Å²) in [5, 5.41) is 8.48. The Bertz CT molecular complexity index is 621. The van der Waals surface area contributed by atoms with Crippen LogP contribution in [0.15, 0.2) is 29.4 Å². The lowest BCUT2D eigenvalue weighted by Crippen LogP contribution is -2.19. The zero-order chi connectivity index (χ0) is 13.8. The van der Waals surface area contributed by atoms with Gasteiger partial charge in [-0.3, -0.25) is 4.79 Å². The summed E-state index contributed by atoms with van der Waals surface area (Å²) in [7, 11) is 0. The van der Waals surface area contributed by atoms with Crippen molar-refractivity contribution in [2.75, 3.05) is 0 Å². The first-order chi connectivity index (χ1) is 9.08. The molecular weight excluding hydrogens is 284 g/mol. The molecule has 0 saturated carbocycles. The van der Waals surface area contributed by atoms with Gasteiger partial charge in [0.25, 0.3) is 5.91 Å². The van der Waals surface area contributed by atoms with Crippen LogP contribution in [0.5, 0.6) is 0 Å². The van der Waals surface area contributed by atoms with Gasteiger partial charge in [-0.15, -0.1) is 5.10 Å². The van der Waals surface area contributed by atoms with Crippen molar-refractivity contribution in [2.24, 2.45) is 5.10 Å². The van der Waals surface area contributed by atoms with Crippen molar-refractivity contribution in [1.29, 1.82) is 0 Å².